The van der Waals surface area contributed by atoms with Crippen LogP contribution in [0.2, 0.25) is 0 Å². The van der Waals surface area contributed by atoms with Crippen LogP contribution in [0.1, 0.15) is 42.0 Å². The van der Waals surface area contributed by atoms with E-state index in [0.717, 1.165) is 5.56 Å². The first kappa shape index (κ1) is 17.9. The minimum absolute atomic E-state index is 0.0104. The quantitative estimate of drug-likeness (QED) is 0.668. The van der Waals surface area contributed by atoms with Crippen LogP contribution in [-0.4, -0.2) is 15.9 Å². The molecule has 1 atom stereocenters. The average molecular weight is 399 g/mol. The Bertz CT molecular complexity index is 1250. The molecule has 0 fully saturated rings. The van der Waals surface area contributed by atoms with Crippen LogP contribution >= 0.6 is 0 Å². The number of nitrogens with two attached hydrogens (primary N) is 2. The van der Waals surface area contributed by atoms with E-state index in [4.69, 9.17) is 20.7 Å². The first-order valence-corrected chi connectivity index (χ1v) is 9.53. The van der Waals surface area contributed by atoms with Gasteiger partial charge >= 0.3 is 0 Å². The first-order chi connectivity index (χ1) is 14.6. The van der Waals surface area contributed by atoms with Gasteiger partial charge in [0.2, 0.25) is 5.88 Å². The maximum Gasteiger partial charge on any atom is 0.227 e. The fraction of sp³-hybridized carbons (Fsp3) is 0.182. The number of carbonyl (C=O) groups excluding carboxylic acids is 1. The summed E-state index contributed by atoms with van der Waals surface area (Å²) in [4.78, 5) is 17.1. The lowest BCUT2D eigenvalue weighted by molar-refractivity contribution is -0.116. The molecule has 1 aromatic carbocycles. The van der Waals surface area contributed by atoms with E-state index in [-0.39, 0.29) is 28.7 Å². The summed E-state index contributed by atoms with van der Waals surface area (Å²) in [5.41, 5.74) is 14.7. The lowest BCUT2D eigenvalue weighted by Gasteiger charge is -2.31. The first-order valence-electron chi connectivity index (χ1n) is 9.53. The fourth-order valence-corrected chi connectivity index (χ4v) is 4.07. The summed E-state index contributed by atoms with van der Waals surface area (Å²) in [5, 5.41) is 13.7. The Hall–Kier alpha value is -4.12. The smallest absolute Gasteiger partial charge is 0.227 e. The monoisotopic (exact) mass is 399 g/mol. The molecule has 1 aliphatic heterocycles. The number of benzene rings is 1. The Balaban J connectivity index is 1.73. The maximum atomic E-state index is 12.9. The van der Waals surface area contributed by atoms with Crippen LogP contribution < -0.4 is 16.2 Å². The highest BCUT2D eigenvalue weighted by atomic mass is 16.5. The molecule has 4 N–H and O–H groups in total. The molecule has 5 rings (SSSR count). The third-order valence-electron chi connectivity index (χ3n) is 5.47. The number of hydrogen-bond acceptors (Lipinski definition) is 8. The average Bonchev–Trinajstić information content (AvgIpc) is 3.23. The summed E-state index contributed by atoms with van der Waals surface area (Å²) in [6.07, 6.45) is 1.70. The predicted molar refractivity (Wildman–Crippen MR) is 108 cm³/mol. The van der Waals surface area contributed by atoms with Crippen molar-refractivity contribution in [1.82, 2.24) is 10.1 Å². The van der Waals surface area contributed by atoms with Crippen molar-refractivity contribution in [2.45, 2.75) is 25.2 Å². The van der Waals surface area contributed by atoms with Crippen molar-refractivity contribution in [3.8, 4) is 23.3 Å². The Morgan fingerprint density at radius 3 is 2.73 bits per heavy atom. The molecule has 30 heavy (non-hydrogen) atoms. The zero-order valence-electron chi connectivity index (χ0n) is 15.9. The van der Waals surface area contributed by atoms with Crippen molar-refractivity contribution < 1.29 is 14.1 Å². The van der Waals surface area contributed by atoms with Gasteiger partial charge in [0.25, 0.3) is 0 Å². The Morgan fingerprint density at radius 1 is 1.17 bits per heavy atom. The normalized spacial score (nSPS) is 17.7. The summed E-state index contributed by atoms with van der Waals surface area (Å²) < 4.78 is 11.5. The van der Waals surface area contributed by atoms with Crippen molar-refractivity contribution in [3.05, 3.63) is 64.6 Å². The second-order valence-electron chi connectivity index (χ2n) is 7.25. The molecule has 3 aromatic rings. The molecular formula is C22H17N5O3. The van der Waals surface area contributed by atoms with Gasteiger partial charge in [-0.15, -0.1) is 0 Å². The number of hydrogen-bond donors (Lipinski definition) is 2. The number of nitrogen functional groups attached to an aromatic ring is 2. The number of allylic oxidation sites excluding steroid dienone is 2. The van der Waals surface area contributed by atoms with Crippen molar-refractivity contribution in [1.29, 1.82) is 5.26 Å². The highest BCUT2D eigenvalue weighted by molar-refractivity contribution is 6.00. The van der Waals surface area contributed by atoms with Crippen LogP contribution in [0.3, 0.4) is 0 Å². The van der Waals surface area contributed by atoms with E-state index in [1.165, 1.54) is 0 Å². The Morgan fingerprint density at radius 2 is 1.97 bits per heavy atom. The van der Waals surface area contributed by atoms with Gasteiger partial charge in [0, 0.05) is 30.0 Å². The van der Waals surface area contributed by atoms with Crippen molar-refractivity contribution in [3.63, 3.8) is 0 Å². The van der Waals surface area contributed by atoms with E-state index >= 15 is 0 Å². The van der Waals surface area contributed by atoms with E-state index in [1.807, 2.05) is 36.4 Å². The highest BCUT2D eigenvalue weighted by Crippen LogP contribution is 2.49. The third kappa shape index (κ3) is 2.63. The second-order valence-corrected chi connectivity index (χ2v) is 7.25. The van der Waals surface area contributed by atoms with Crippen LogP contribution in [-0.2, 0) is 4.79 Å². The van der Waals surface area contributed by atoms with Gasteiger partial charge in [0.15, 0.2) is 11.5 Å². The molecule has 0 saturated heterocycles. The van der Waals surface area contributed by atoms with E-state index in [1.54, 1.807) is 6.07 Å². The number of rotatable bonds is 2. The summed E-state index contributed by atoms with van der Waals surface area (Å²) in [5.74, 6) is 0.620. The van der Waals surface area contributed by atoms with E-state index in [0.29, 0.717) is 47.6 Å². The van der Waals surface area contributed by atoms with E-state index in [9.17, 15) is 10.1 Å². The van der Waals surface area contributed by atoms with Crippen LogP contribution in [0.5, 0.6) is 5.88 Å². The molecular weight excluding hydrogens is 382 g/mol. The number of anilines is 2. The van der Waals surface area contributed by atoms with Gasteiger partial charge in [-0.2, -0.15) is 10.2 Å². The minimum atomic E-state index is -0.641. The summed E-state index contributed by atoms with van der Waals surface area (Å²) in [6, 6.07) is 13.3. The molecule has 0 radical (unpaired) electrons. The minimum Gasteiger partial charge on any atom is -0.442 e. The number of pyridine rings is 1. The van der Waals surface area contributed by atoms with Crippen LogP contribution in [0.4, 0.5) is 11.5 Å². The molecule has 2 aliphatic rings. The molecule has 8 heteroatoms. The second kappa shape index (κ2) is 6.74. The number of nitriles is 1. The molecule has 8 nitrogen and oxygen atoms in total. The number of fused-ring (bicyclic) bond motifs is 1. The van der Waals surface area contributed by atoms with Gasteiger partial charge in [-0.1, -0.05) is 35.5 Å². The van der Waals surface area contributed by atoms with Gasteiger partial charge in [0.05, 0.1) is 22.9 Å². The largest absolute Gasteiger partial charge is 0.442 e. The fourth-order valence-electron chi connectivity index (χ4n) is 4.07. The molecule has 1 aliphatic carbocycles. The lowest BCUT2D eigenvalue weighted by atomic mass is 9.78. The summed E-state index contributed by atoms with van der Waals surface area (Å²) >= 11 is 0. The van der Waals surface area contributed by atoms with Gasteiger partial charge in [-0.25, -0.2) is 0 Å². The highest BCUT2D eigenvalue weighted by Gasteiger charge is 2.41. The maximum absolute atomic E-state index is 12.9. The standard InChI is InChI=1S/C22H17N5O3/c23-10-12-20(24)19-17(13-9-16(30-27-13)11-5-2-1-3-6-11)18-14(28)7-4-8-15(18)29-22(19)26-21(12)25/h1-3,5-6,9,17H,4,7-8H2,(H4,24,25,26). The van der Waals surface area contributed by atoms with Gasteiger partial charge < -0.3 is 20.7 Å². The lowest BCUT2D eigenvalue weighted by Crippen LogP contribution is -2.27. The SMILES string of the molecule is N#Cc1c(N)nc2c(c1N)C(c1cc(-c3ccccc3)on1)C1=C(CCCC1=O)O2. The van der Waals surface area contributed by atoms with Crippen LogP contribution in [0.15, 0.2) is 52.3 Å². The third-order valence-corrected chi connectivity index (χ3v) is 5.47. The molecule has 0 bridgehead atoms. The summed E-state index contributed by atoms with van der Waals surface area (Å²) in [6.45, 7) is 0. The molecule has 2 aromatic heterocycles. The zero-order valence-corrected chi connectivity index (χ0v) is 15.9. The predicted octanol–water partition coefficient (Wildman–Crippen LogP) is 3.30. The van der Waals surface area contributed by atoms with E-state index in [2.05, 4.69) is 10.1 Å². The number of ketones is 1. The van der Waals surface area contributed by atoms with E-state index < -0.39 is 5.92 Å². The molecule has 3 heterocycles. The van der Waals surface area contributed by atoms with Crippen molar-refractivity contribution in [2.24, 2.45) is 0 Å². The van der Waals surface area contributed by atoms with Crippen molar-refractivity contribution in [2.75, 3.05) is 11.5 Å². The molecule has 1 unspecified atom stereocenters. The van der Waals surface area contributed by atoms with Gasteiger partial charge in [0.1, 0.15) is 23.2 Å². The molecule has 0 saturated carbocycles. The zero-order chi connectivity index (χ0) is 20.8. The number of ether oxygens (including phenoxy) is 1. The van der Waals surface area contributed by atoms with Crippen LogP contribution in [0.25, 0.3) is 11.3 Å². The van der Waals surface area contributed by atoms with Crippen molar-refractivity contribution >= 4 is 17.3 Å². The number of aromatic nitrogens is 2. The molecule has 0 amide bonds. The molecule has 0 spiro atoms. The number of carbonyl (C=O) groups is 1. The summed E-state index contributed by atoms with van der Waals surface area (Å²) in [7, 11) is 0. The Labute approximate surface area is 171 Å². The van der Waals surface area contributed by atoms with Gasteiger partial charge in [-0.3, -0.25) is 4.79 Å². The molecule has 148 valence electrons. The van der Waals surface area contributed by atoms with Crippen LogP contribution in [0, 0.1) is 11.3 Å². The Kier molecular flexibility index (Phi) is 4.03. The number of nitrogens with zero attached hydrogens (tertiary/aromatic N) is 3. The number of Topliss-reactive ketones (excluding diaryl/α,β-unsaturated/α-hetero) is 1. The van der Waals surface area contributed by atoms with Gasteiger partial charge in [-0.05, 0) is 6.42 Å². The topological polar surface area (TPSA) is 141 Å².